The molecule has 8 nitrogen and oxygen atoms in total. The van der Waals surface area contributed by atoms with Gasteiger partial charge in [-0.05, 0) is 17.4 Å². The quantitative estimate of drug-likeness (QED) is 0.665. The Morgan fingerprint density at radius 1 is 1.35 bits per heavy atom. The van der Waals surface area contributed by atoms with Crippen molar-refractivity contribution in [1.82, 2.24) is 35.2 Å². The lowest BCUT2D eigenvalue weighted by atomic mass is 10.3. The molecule has 0 aliphatic carbocycles. The second-order valence-corrected chi connectivity index (χ2v) is 3.62. The lowest BCUT2D eigenvalue weighted by molar-refractivity contribution is 0.819. The van der Waals surface area contributed by atoms with Gasteiger partial charge in [0, 0.05) is 17.8 Å². The first-order valence-corrected chi connectivity index (χ1v) is 5.09. The Balaban J connectivity index is 1.86. The molecule has 2 N–H and O–H groups in total. The Hall–Kier alpha value is -2.51. The number of H-pyrrole nitrogens is 1. The van der Waals surface area contributed by atoms with Crippen LogP contribution in [0, 0.1) is 6.92 Å². The minimum atomic E-state index is 0.610. The lowest BCUT2D eigenvalue weighted by Gasteiger charge is -2.05. The van der Waals surface area contributed by atoms with Crippen LogP contribution in [0.15, 0.2) is 18.6 Å². The molecule has 0 atom stereocenters. The van der Waals surface area contributed by atoms with Crippen molar-refractivity contribution in [1.29, 1.82) is 0 Å². The highest BCUT2D eigenvalue weighted by molar-refractivity contribution is 5.44. The second-order valence-electron chi connectivity index (χ2n) is 3.62. The van der Waals surface area contributed by atoms with E-state index < -0.39 is 0 Å². The number of aromatic nitrogens is 7. The molecule has 0 spiro atoms. The van der Waals surface area contributed by atoms with Gasteiger partial charge in [0.25, 0.3) is 0 Å². The first-order valence-electron chi connectivity index (χ1n) is 5.09. The van der Waals surface area contributed by atoms with E-state index in [1.807, 2.05) is 6.92 Å². The zero-order chi connectivity index (χ0) is 11.7. The number of aryl methyl sites for hydroxylation is 1. The number of anilines is 1. The average molecular weight is 230 g/mol. The molecular formula is C9H10N8. The van der Waals surface area contributed by atoms with Crippen molar-refractivity contribution in [2.24, 2.45) is 0 Å². The third-order valence-corrected chi connectivity index (χ3v) is 2.50. The fourth-order valence-electron chi connectivity index (χ4n) is 1.54. The van der Waals surface area contributed by atoms with E-state index in [9.17, 15) is 0 Å². The number of hydrogen-bond donors (Lipinski definition) is 2. The molecule has 86 valence electrons. The molecule has 3 aromatic rings. The predicted octanol–water partition coefficient (Wildman–Crippen LogP) is 0.163. The lowest BCUT2D eigenvalue weighted by Crippen LogP contribution is -2.06. The summed E-state index contributed by atoms with van der Waals surface area (Å²) in [6.07, 6.45) is 5.07. The average Bonchev–Trinajstić information content (AvgIpc) is 2.95. The summed E-state index contributed by atoms with van der Waals surface area (Å²) in [7, 11) is 0. The van der Waals surface area contributed by atoms with E-state index in [1.54, 1.807) is 23.1 Å². The van der Waals surface area contributed by atoms with Crippen LogP contribution in [0.25, 0.3) is 5.65 Å². The molecule has 0 saturated heterocycles. The normalized spacial score (nSPS) is 10.9. The number of nitrogens with zero attached hydrogens (tertiary/aromatic N) is 6. The second kappa shape index (κ2) is 3.81. The van der Waals surface area contributed by atoms with E-state index in [1.165, 1.54) is 0 Å². The zero-order valence-corrected chi connectivity index (χ0v) is 9.12. The highest BCUT2D eigenvalue weighted by Crippen LogP contribution is 2.09. The number of tetrazole rings is 1. The molecular weight excluding hydrogens is 220 g/mol. The highest BCUT2D eigenvalue weighted by atomic mass is 15.5. The van der Waals surface area contributed by atoms with Crippen LogP contribution in [-0.2, 0) is 6.54 Å². The van der Waals surface area contributed by atoms with Gasteiger partial charge in [-0.3, -0.25) is 10.1 Å². The molecule has 0 fully saturated rings. The van der Waals surface area contributed by atoms with Gasteiger partial charge < -0.3 is 5.32 Å². The standard InChI is InChI=1S/C9H10N8/c1-6-7(3-12-13-6)2-11-8-4-10-5-9-14-15-16-17(8)9/h3-5,11H,2H2,1H3,(H,12,13). The molecule has 0 amide bonds. The smallest absolute Gasteiger partial charge is 0.199 e. The van der Waals surface area contributed by atoms with Crippen LogP contribution in [-0.4, -0.2) is 35.2 Å². The van der Waals surface area contributed by atoms with Crippen molar-refractivity contribution in [2.45, 2.75) is 13.5 Å². The molecule has 0 saturated carbocycles. The van der Waals surface area contributed by atoms with Crippen LogP contribution >= 0.6 is 0 Å². The van der Waals surface area contributed by atoms with Gasteiger partial charge in [-0.1, -0.05) is 0 Å². The van der Waals surface area contributed by atoms with Crippen molar-refractivity contribution >= 4 is 11.5 Å². The van der Waals surface area contributed by atoms with Crippen molar-refractivity contribution < 1.29 is 0 Å². The molecule has 0 bridgehead atoms. The highest BCUT2D eigenvalue weighted by Gasteiger charge is 2.05. The van der Waals surface area contributed by atoms with Crippen LogP contribution in [0.1, 0.15) is 11.3 Å². The van der Waals surface area contributed by atoms with E-state index in [0.29, 0.717) is 12.2 Å². The Morgan fingerprint density at radius 3 is 3.12 bits per heavy atom. The predicted molar refractivity (Wildman–Crippen MR) is 59.2 cm³/mol. The minimum absolute atomic E-state index is 0.610. The Bertz CT molecular complexity index is 639. The maximum absolute atomic E-state index is 4.06. The summed E-state index contributed by atoms with van der Waals surface area (Å²) in [5.74, 6) is 0.744. The molecule has 0 aromatic carbocycles. The molecule has 3 rings (SSSR count). The van der Waals surface area contributed by atoms with Crippen LogP contribution in [0.5, 0.6) is 0 Å². The third-order valence-electron chi connectivity index (χ3n) is 2.50. The van der Waals surface area contributed by atoms with Gasteiger partial charge in [0.15, 0.2) is 11.5 Å². The Labute approximate surface area is 96.1 Å². The van der Waals surface area contributed by atoms with Gasteiger partial charge in [0.05, 0.1) is 18.6 Å². The number of fused-ring (bicyclic) bond motifs is 1. The monoisotopic (exact) mass is 230 g/mol. The van der Waals surface area contributed by atoms with Gasteiger partial charge in [0.2, 0.25) is 0 Å². The summed E-state index contributed by atoms with van der Waals surface area (Å²) >= 11 is 0. The van der Waals surface area contributed by atoms with Crippen molar-refractivity contribution in [3.05, 3.63) is 29.8 Å². The third kappa shape index (κ3) is 1.69. The molecule has 17 heavy (non-hydrogen) atoms. The van der Waals surface area contributed by atoms with Crippen LogP contribution in [0.3, 0.4) is 0 Å². The molecule has 3 heterocycles. The van der Waals surface area contributed by atoms with E-state index in [0.717, 1.165) is 17.1 Å². The first kappa shape index (κ1) is 9.70. The first-order chi connectivity index (χ1) is 8.34. The summed E-state index contributed by atoms with van der Waals surface area (Å²) in [6, 6.07) is 0. The van der Waals surface area contributed by atoms with E-state index in [4.69, 9.17) is 0 Å². The van der Waals surface area contributed by atoms with E-state index in [2.05, 4.69) is 36.0 Å². The van der Waals surface area contributed by atoms with Gasteiger partial charge in [0.1, 0.15) is 0 Å². The van der Waals surface area contributed by atoms with Gasteiger partial charge in [-0.2, -0.15) is 9.61 Å². The van der Waals surface area contributed by atoms with Crippen molar-refractivity contribution in [2.75, 3.05) is 5.32 Å². The zero-order valence-electron chi connectivity index (χ0n) is 9.12. The Morgan fingerprint density at radius 2 is 2.29 bits per heavy atom. The number of hydrogen-bond acceptors (Lipinski definition) is 6. The molecule has 0 unspecified atom stereocenters. The van der Waals surface area contributed by atoms with E-state index >= 15 is 0 Å². The summed E-state index contributed by atoms with van der Waals surface area (Å²) in [5.41, 5.74) is 2.74. The number of nitrogens with one attached hydrogen (secondary N) is 2. The Kier molecular flexibility index (Phi) is 2.18. The molecule has 0 aliphatic heterocycles. The van der Waals surface area contributed by atoms with Gasteiger partial charge in [-0.15, -0.1) is 5.10 Å². The van der Waals surface area contributed by atoms with Crippen LogP contribution in [0.2, 0.25) is 0 Å². The summed E-state index contributed by atoms with van der Waals surface area (Å²) < 4.78 is 1.60. The number of rotatable bonds is 3. The largest absolute Gasteiger partial charge is 0.364 e. The SMILES string of the molecule is Cc1[nH]ncc1CNc1cncc2nnnn12. The van der Waals surface area contributed by atoms with Crippen molar-refractivity contribution in [3.63, 3.8) is 0 Å². The number of aromatic amines is 1. The fraction of sp³-hybridized carbons (Fsp3) is 0.222. The molecule has 8 heteroatoms. The summed E-state index contributed by atoms with van der Waals surface area (Å²) in [4.78, 5) is 4.06. The van der Waals surface area contributed by atoms with E-state index in [-0.39, 0.29) is 0 Å². The maximum Gasteiger partial charge on any atom is 0.199 e. The topological polar surface area (TPSA) is 96.7 Å². The van der Waals surface area contributed by atoms with Crippen molar-refractivity contribution in [3.8, 4) is 0 Å². The minimum Gasteiger partial charge on any atom is -0.364 e. The molecule has 0 radical (unpaired) electrons. The van der Waals surface area contributed by atoms with Gasteiger partial charge in [-0.25, -0.2) is 0 Å². The summed E-state index contributed by atoms with van der Waals surface area (Å²) in [5, 5.41) is 21.3. The molecule has 0 aliphatic rings. The van der Waals surface area contributed by atoms with Gasteiger partial charge >= 0.3 is 0 Å². The fourth-order valence-corrected chi connectivity index (χ4v) is 1.54. The van der Waals surface area contributed by atoms with Crippen LogP contribution in [0.4, 0.5) is 5.82 Å². The maximum atomic E-state index is 4.06. The summed E-state index contributed by atoms with van der Waals surface area (Å²) in [6.45, 7) is 2.61. The van der Waals surface area contributed by atoms with Crippen LogP contribution < -0.4 is 5.32 Å². The molecule has 3 aromatic heterocycles.